The molecule has 1 aliphatic heterocycles. The molecule has 1 aliphatic rings. The van der Waals surface area contributed by atoms with Crippen LogP contribution >= 0.6 is 0 Å². The molecule has 1 aromatic carbocycles. The highest BCUT2D eigenvalue weighted by molar-refractivity contribution is 7.89. The van der Waals surface area contributed by atoms with Crippen molar-refractivity contribution in [2.45, 2.75) is 31.2 Å². The highest BCUT2D eigenvalue weighted by atomic mass is 32.2. The first-order chi connectivity index (χ1) is 14.9. The third-order valence-corrected chi connectivity index (χ3v) is 7.36. The van der Waals surface area contributed by atoms with E-state index >= 15 is 0 Å². The fourth-order valence-corrected chi connectivity index (χ4v) is 5.38. The van der Waals surface area contributed by atoms with Gasteiger partial charge >= 0.3 is 0 Å². The molecule has 31 heavy (non-hydrogen) atoms. The number of H-pyrrole nitrogens is 1. The van der Waals surface area contributed by atoms with Gasteiger partial charge < -0.3 is 15.6 Å². The summed E-state index contributed by atoms with van der Waals surface area (Å²) in [7, 11) is -3.42. The Kier molecular flexibility index (Phi) is 6.35. The van der Waals surface area contributed by atoms with Crippen LogP contribution in [0.15, 0.2) is 47.5 Å². The van der Waals surface area contributed by atoms with Gasteiger partial charge in [0, 0.05) is 56.9 Å². The minimum atomic E-state index is -3.42. The van der Waals surface area contributed by atoms with Crippen LogP contribution in [0.1, 0.15) is 25.5 Å². The first-order valence-corrected chi connectivity index (χ1v) is 11.9. The lowest BCUT2D eigenvalue weighted by Gasteiger charge is -2.15. The van der Waals surface area contributed by atoms with Gasteiger partial charge in [-0.15, -0.1) is 0 Å². The number of carbonyl (C=O) groups excluding carboxylic acids is 1. The van der Waals surface area contributed by atoms with E-state index in [1.807, 2.05) is 18.2 Å². The topological polar surface area (TPSA) is 107 Å². The van der Waals surface area contributed by atoms with Crippen molar-refractivity contribution in [3.63, 3.8) is 0 Å². The number of amides is 1. The average molecular weight is 442 g/mol. The number of benzene rings is 1. The molecule has 9 heteroatoms. The summed E-state index contributed by atoms with van der Waals surface area (Å²) in [4.78, 5) is 19.0. The van der Waals surface area contributed by atoms with Crippen LogP contribution in [0.25, 0.3) is 22.2 Å². The van der Waals surface area contributed by atoms with E-state index in [4.69, 9.17) is 0 Å². The molecule has 0 spiro atoms. The third-order valence-electron chi connectivity index (χ3n) is 5.45. The van der Waals surface area contributed by atoms with Gasteiger partial charge in [0.2, 0.25) is 15.9 Å². The highest BCUT2D eigenvalue weighted by Crippen LogP contribution is 2.30. The summed E-state index contributed by atoms with van der Waals surface area (Å²) in [6, 6.07) is 11.1. The van der Waals surface area contributed by atoms with Crippen molar-refractivity contribution in [3.8, 4) is 11.1 Å². The van der Waals surface area contributed by atoms with Gasteiger partial charge in [-0.1, -0.05) is 12.1 Å². The molecule has 2 aromatic heterocycles. The molecule has 3 aromatic rings. The van der Waals surface area contributed by atoms with Gasteiger partial charge in [0.05, 0.1) is 4.90 Å². The van der Waals surface area contributed by atoms with Crippen LogP contribution in [0, 0.1) is 0 Å². The molecule has 4 rings (SSSR count). The van der Waals surface area contributed by atoms with Crippen LogP contribution in [-0.4, -0.2) is 54.8 Å². The van der Waals surface area contributed by atoms with Crippen molar-refractivity contribution < 1.29 is 13.2 Å². The van der Waals surface area contributed by atoms with Crippen LogP contribution in [0.5, 0.6) is 0 Å². The second-order valence-electron chi connectivity index (χ2n) is 7.71. The normalized spacial score (nSPS) is 14.9. The molecule has 3 heterocycles. The lowest BCUT2D eigenvalue weighted by atomic mass is 10.0. The molecule has 164 valence electrons. The third kappa shape index (κ3) is 4.79. The molecule has 1 fully saturated rings. The number of hydrogen-bond acceptors (Lipinski definition) is 5. The fraction of sp³-hybridized carbons (Fsp3) is 0.364. The van der Waals surface area contributed by atoms with E-state index in [9.17, 15) is 13.2 Å². The molecule has 1 amide bonds. The molecule has 0 saturated carbocycles. The van der Waals surface area contributed by atoms with Gasteiger partial charge in [-0.25, -0.2) is 13.4 Å². The van der Waals surface area contributed by atoms with E-state index in [-0.39, 0.29) is 5.91 Å². The largest absolute Gasteiger partial charge is 0.355 e. The Morgan fingerprint density at radius 3 is 2.58 bits per heavy atom. The Morgan fingerprint density at radius 1 is 1.13 bits per heavy atom. The number of aromatic amines is 1. The van der Waals surface area contributed by atoms with Crippen LogP contribution in [0.2, 0.25) is 0 Å². The zero-order chi connectivity index (χ0) is 21.8. The number of sulfonamides is 1. The Bertz CT molecular complexity index is 1170. The smallest absolute Gasteiger partial charge is 0.243 e. The summed E-state index contributed by atoms with van der Waals surface area (Å²) in [5.74, 6) is -0.0412. The van der Waals surface area contributed by atoms with Crippen LogP contribution in [0.4, 0.5) is 0 Å². The van der Waals surface area contributed by atoms with E-state index < -0.39 is 10.0 Å². The molecule has 0 aliphatic carbocycles. The summed E-state index contributed by atoms with van der Waals surface area (Å²) in [5, 5.41) is 7.02. The first kappa shape index (κ1) is 21.5. The van der Waals surface area contributed by atoms with Crippen molar-refractivity contribution in [1.29, 1.82) is 0 Å². The number of aromatic nitrogens is 2. The van der Waals surface area contributed by atoms with Crippen molar-refractivity contribution in [3.05, 3.63) is 48.3 Å². The molecule has 0 bridgehead atoms. The highest BCUT2D eigenvalue weighted by Gasteiger charge is 2.27. The van der Waals surface area contributed by atoms with Crippen LogP contribution in [0.3, 0.4) is 0 Å². The maximum Gasteiger partial charge on any atom is 0.243 e. The number of nitrogens with one attached hydrogen (secondary N) is 3. The SMILES string of the molecule is CC(=O)NCCNCc1cc2c(-c3ccc(S(=O)(=O)N4CCCC4)cc3)ccnc2[nH]1. The summed E-state index contributed by atoms with van der Waals surface area (Å²) in [6.07, 6.45) is 3.59. The first-order valence-electron chi connectivity index (χ1n) is 10.5. The number of carbonyl (C=O) groups is 1. The minimum absolute atomic E-state index is 0.0412. The molecule has 0 radical (unpaired) electrons. The fourth-order valence-electron chi connectivity index (χ4n) is 3.86. The lowest BCUT2D eigenvalue weighted by Crippen LogP contribution is -2.29. The second kappa shape index (κ2) is 9.17. The maximum atomic E-state index is 12.8. The van der Waals surface area contributed by atoms with E-state index in [2.05, 4.69) is 26.7 Å². The van der Waals surface area contributed by atoms with E-state index in [1.54, 1.807) is 22.6 Å². The van der Waals surface area contributed by atoms with Gasteiger partial charge in [-0.05, 0) is 48.2 Å². The molecule has 1 saturated heterocycles. The summed E-state index contributed by atoms with van der Waals surface area (Å²) < 4.78 is 27.1. The van der Waals surface area contributed by atoms with Gasteiger partial charge in [-0.2, -0.15) is 4.31 Å². The van der Waals surface area contributed by atoms with Gasteiger partial charge in [0.15, 0.2) is 0 Å². The number of nitrogens with zero attached hydrogens (tertiary/aromatic N) is 2. The average Bonchev–Trinajstić information content (AvgIpc) is 3.43. The van der Waals surface area contributed by atoms with Gasteiger partial charge in [0.1, 0.15) is 5.65 Å². The number of fused-ring (bicyclic) bond motifs is 1. The van der Waals surface area contributed by atoms with E-state index in [0.717, 1.165) is 40.7 Å². The van der Waals surface area contributed by atoms with Gasteiger partial charge in [-0.3, -0.25) is 4.79 Å². The standard InChI is InChI=1S/C22H27N5O3S/c1-16(28)24-11-10-23-15-18-14-21-20(8-9-25-22(21)26-18)17-4-6-19(7-5-17)31(29,30)27-12-2-3-13-27/h4-9,14,23H,2-3,10-13,15H2,1H3,(H,24,28)(H,25,26). The Morgan fingerprint density at radius 2 is 1.87 bits per heavy atom. The predicted octanol–water partition coefficient (Wildman–Crippen LogP) is 2.24. The number of rotatable bonds is 8. The monoisotopic (exact) mass is 441 g/mol. The number of hydrogen-bond donors (Lipinski definition) is 3. The summed E-state index contributed by atoms with van der Waals surface area (Å²) in [6.45, 7) is 4.57. The minimum Gasteiger partial charge on any atom is -0.355 e. The quantitative estimate of drug-likeness (QED) is 0.465. The molecule has 3 N–H and O–H groups in total. The second-order valence-corrected chi connectivity index (χ2v) is 9.65. The van der Waals surface area contributed by atoms with Crippen molar-refractivity contribution >= 4 is 27.0 Å². The van der Waals surface area contributed by atoms with Crippen LogP contribution in [-0.2, 0) is 21.4 Å². The summed E-state index contributed by atoms with van der Waals surface area (Å²) in [5.41, 5.74) is 3.71. The number of pyridine rings is 1. The zero-order valence-electron chi connectivity index (χ0n) is 17.5. The van der Waals surface area contributed by atoms with E-state index in [1.165, 1.54) is 6.92 Å². The molecular formula is C22H27N5O3S. The van der Waals surface area contributed by atoms with Crippen LogP contribution < -0.4 is 10.6 Å². The molecule has 8 nitrogen and oxygen atoms in total. The van der Waals surface area contributed by atoms with E-state index in [0.29, 0.717) is 37.6 Å². The Labute approximate surface area is 182 Å². The van der Waals surface area contributed by atoms with Gasteiger partial charge in [0.25, 0.3) is 0 Å². The van der Waals surface area contributed by atoms with Crippen molar-refractivity contribution in [2.24, 2.45) is 0 Å². The Hall–Kier alpha value is -2.75. The predicted molar refractivity (Wildman–Crippen MR) is 120 cm³/mol. The zero-order valence-corrected chi connectivity index (χ0v) is 18.3. The molecule has 0 atom stereocenters. The Balaban J connectivity index is 1.51. The van der Waals surface area contributed by atoms with Crippen molar-refractivity contribution in [1.82, 2.24) is 24.9 Å². The summed E-state index contributed by atoms with van der Waals surface area (Å²) >= 11 is 0. The molecular weight excluding hydrogens is 414 g/mol. The lowest BCUT2D eigenvalue weighted by molar-refractivity contribution is -0.118. The molecule has 0 unspecified atom stereocenters. The van der Waals surface area contributed by atoms with Crippen molar-refractivity contribution in [2.75, 3.05) is 26.2 Å². The maximum absolute atomic E-state index is 12.8.